The molecule has 0 fully saturated rings. The third-order valence-electron chi connectivity index (χ3n) is 3.06. The third kappa shape index (κ3) is 6.83. The van der Waals surface area contributed by atoms with Crippen LogP contribution in [0.5, 0.6) is 0 Å². The van der Waals surface area contributed by atoms with Crippen molar-refractivity contribution in [3.8, 4) is 0 Å². The molecule has 0 spiro atoms. The van der Waals surface area contributed by atoms with Crippen molar-refractivity contribution in [3.05, 3.63) is 24.3 Å². The van der Waals surface area contributed by atoms with Crippen LogP contribution in [-0.4, -0.2) is 57.4 Å². The van der Waals surface area contributed by atoms with E-state index in [1.807, 2.05) is 0 Å². The fraction of sp³-hybridized carbons (Fsp3) is 0.571. The topological polar surface area (TPSA) is 111 Å². The van der Waals surface area contributed by atoms with Crippen molar-refractivity contribution in [2.75, 3.05) is 40.5 Å². The summed E-state index contributed by atoms with van der Waals surface area (Å²) in [6.07, 6.45) is 1.05. The van der Waals surface area contributed by atoms with Gasteiger partial charge in [-0.25, -0.2) is 26.3 Å². The van der Waals surface area contributed by atoms with Gasteiger partial charge in [-0.2, -0.15) is 0 Å². The van der Waals surface area contributed by atoms with Crippen LogP contribution >= 0.6 is 0 Å². The highest BCUT2D eigenvalue weighted by molar-refractivity contribution is 7.90. The smallest absolute Gasteiger partial charge is 0.240 e. The summed E-state index contributed by atoms with van der Waals surface area (Å²) in [5.74, 6) is 0. The summed E-state index contributed by atoms with van der Waals surface area (Å²) in [6.45, 7) is 1.29. The molecule has 0 amide bonds. The molecule has 0 unspecified atom stereocenters. The zero-order valence-electron chi connectivity index (χ0n) is 13.8. The van der Waals surface area contributed by atoms with E-state index in [1.54, 1.807) is 0 Å². The van der Waals surface area contributed by atoms with E-state index in [4.69, 9.17) is 9.47 Å². The Morgan fingerprint density at radius 3 is 1.62 bits per heavy atom. The Balaban J connectivity index is 2.81. The van der Waals surface area contributed by atoms with Gasteiger partial charge in [0.2, 0.25) is 20.0 Å². The lowest BCUT2D eigenvalue weighted by Crippen LogP contribution is -2.27. The number of ether oxygens (including phenoxy) is 2. The normalized spacial score (nSPS) is 12.4. The average molecular weight is 380 g/mol. The molecule has 0 aliphatic rings. The van der Waals surface area contributed by atoms with Gasteiger partial charge in [0.1, 0.15) is 0 Å². The van der Waals surface area contributed by atoms with Gasteiger partial charge in [0.05, 0.1) is 9.79 Å². The van der Waals surface area contributed by atoms with E-state index in [0.717, 1.165) is 6.07 Å². The Morgan fingerprint density at radius 2 is 1.25 bits per heavy atom. The molecule has 0 atom stereocenters. The third-order valence-corrected chi connectivity index (χ3v) is 5.98. The number of nitrogens with one attached hydrogen (secondary N) is 2. The van der Waals surface area contributed by atoms with Gasteiger partial charge in [0.15, 0.2) is 0 Å². The minimum Gasteiger partial charge on any atom is -0.385 e. The summed E-state index contributed by atoms with van der Waals surface area (Å²) in [6, 6.07) is 5.23. The Hall–Kier alpha value is -1.04. The summed E-state index contributed by atoms with van der Waals surface area (Å²) in [5, 5.41) is 0. The van der Waals surface area contributed by atoms with Gasteiger partial charge in [-0.05, 0) is 31.0 Å². The number of benzene rings is 1. The molecule has 0 radical (unpaired) electrons. The molecule has 0 aromatic heterocycles. The van der Waals surface area contributed by atoms with Crippen LogP contribution < -0.4 is 9.44 Å². The van der Waals surface area contributed by atoms with Crippen LogP contribution in [0.4, 0.5) is 0 Å². The van der Waals surface area contributed by atoms with E-state index in [-0.39, 0.29) is 22.9 Å². The molecule has 0 aliphatic heterocycles. The summed E-state index contributed by atoms with van der Waals surface area (Å²) in [7, 11) is -4.48. The monoisotopic (exact) mass is 380 g/mol. The van der Waals surface area contributed by atoms with Crippen LogP contribution in [0.2, 0.25) is 0 Å². The molecule has 2 N–H and O–H groups in total. The van der Waals surface area contributed by atoms with Gasteiger partial charge in [-0.15, -0.1) is 0 Å². The lowest BCUT2D eigenvalue weighted by molar-refractivity contribution is 0.196. The Bertz CT molecular complexity index is 646. The summed E-state index contributed by atoms with van der Waals surface area (Å²) < 4.78 is 63.3. The molecule has 0 saturated carbocycles. The number of hydrogen-bond donors (Lipinski definition) is 2. The number of rotatable bonds is 12. The fourth-order valence-electron chi connectivity index (χ4n) is 1.82. The number of sulfonamides is 2. The van der Waals surface area contributed by atoms with Crippen molar-refractivity contribution in [3.63, 3.8) is 0 Å². The molecular weight excluding hydrogens is 356 g/mol. The summed E-state index contributed by atoms with van der Waals surface area (Å²) in [4.78, 5) is -0.195. The van der Waals surface area contributed by atoms with Crippen LogP contribution in [0, 0.1) is 0 Å². The molecule has 8 nitrogen and oxygen atoms in total. The Morgan fingerprint density at radius 1 is 0.833 bits per heavy atom. The lowest BCUT2D eigenvalue weighted by atomic mass is 10.4. The lowest BCUT2D eigenvalue weighted by Gasteiger charge is -2.10. The molecule has 1 aromatic carbocycles. The molecule has 0 saturated heterocycles. The van der Waals surface area contributed by atoms with Gasteiger partial charge in [-0.3, -0.25) is 0 Å². The average Bonchev–Trinajstić information content (AvgIpc) is 2.56. The fourth-order valence-corrected chi connectivity index (χ4v) is 4.14. The van der Waals surface area contributed by atoms with E-state index in [9.17, 15) is 16.8 Å². The van der Waals surface area contributed by atoms with Crippen LogP contribution in [0.15, 0.2) is 34.1 Å². The molecule has 0 aliphatic carbocycles. The molecule has 0 heterocycles. The van der Waals surface area contributed by atoms with Gasteiger partial charge in [0, 0.05) is 40.5 Å². The molecule has 1 rings (SSSR count). The first-order valence-corrected chi connectivity index (χ1v) is 10.4. The Kier molecular flexibility index (Phi) is 8.81. The van der Waals surface area contributed by atoms with Crippen molar-refractivity contribution in [2.24, 2.45) is 0 Å². The summed E-state index contributed by atoms with van der Waals surface area (Å²) >= 11 is 0. The van der Waals surface area contributed by atoms with Gasteiger partial charge < -0.3 is 9.47 Å². The predicted octanol–water partition coefficient (Wildman–Crippen LogP) is 0.316. The van der Waals surface area contributed by atoms with Crippen molar-refractivity contribution in [1.82, 2.24) is 9.44 Å². The van der Waals surface area contributed by atoms with E-state index >= 15 is 0 Å². The first-order valence-electron chi connectivity index (χ1n) is 7.41. The highest BCUT2D eigenvalue weighted by atomic mass is 32.2. The first-order chi connectivity index (χ1) is 11.3. The van der Waals surface area contributed by atoms with Crippen LogP contribution in [0.1, 0.15) is 12.8 Å². The van der Waals surface area contributed by atoms with Gasteiger partial charge in [0.25, 0.3) is 0 Å². The zero-order chi connectivity index (χ0) is 18.1. The quantitative estimate of drug-likeness (QED) is 0.505. The van der Waals surface area contributed by atoms with Gasteiger partial charge in [-0.1, -0.05) is 6.07 Å². The molecule has 10 heteroatoms. The second-order valence-corrected chi connectivity index (χ2v) is 8.50. The molecule has 0 bridgehead atoms. The van der Waals surface area contributed by atoms with Crippen LogP contribution in [0.25, 0.3) is 0 Å². The highest BCUT2D eigenvalue weighted by Crippen LogP contribution is 2.15. The second kappa shape index (κ2) is 10.1. The molecule has 24 heavy (non-hydrogen) atoms. The van der Waals surface area contributed by atoms with Crippen molar-refractivity contribution in [1.29, 1.82) is 0 Å². The van der Waals surface area contributed by atoms with Gasteiger partial charge >= 0.3 is 0 Å². The van der Waals surface area contributed by atoms with Crippen molar-refractivity contribution in [2.45, 2.75) is 22.6 Å². The SMILES string of the molecule is COCCCNS(=O)(=O)c1cccc(S(=O)(=O)NCCCOC)c1. The maximum atomic E-state index is 12.2. The van der Waals surface area contributed by atoms with E-state index in [1.165, 1.54) is 32.4 Å². The standard InChI is InChI=1S/C14H24N2O6S2/c1-21-10-4-8-15-23(17,18)13-6-3-7-14(12-13)24(19,20)16-9-5-11-22-2/h3,6-7,12,15-16H,4-5,8-11H2,1-2H3. The molecule has 138 valence electrons. The second-order valence-electron chi connectivity index (χ2n) is 4.96. The first kappa shape index (κ1) is 21.0. The zero-order valence-corrected chi connectivity index (χ0v) is 15.5. The van der Waals surface area contributed by atoms with Crippen LogP contribution in [-0.2, 0) is 29.5 Å². The Labute approximate surface area is 143 Å². The van der Waals surface area contributed by atoms with E-state index < -0.39 is 20.0 Å². The largest absolute Gasteiger partial charge is 0.385 e. The maximum Gasteiger partial charge on any atom is 0.240 e. The molecule has 1 aromatic rings. The van der Waals surface area contributed by atoms with E-state index in [2.05, 4.69) is 9.44 Å². The predicted molar refractivity (Wildman–Crippen MR) is 89.8 cm³/mol. The van der Waals surface area contributed by atoms with Crippen LogP contribution in [0.3, 0.4) is 0 Å². The minimum absolute atomic E-state index is 0.0975. The van der Waals surface area contributed by atoms with Crippen molar-refractivity contribution < 1.29 is 26.3 Å². The minimum atomic E-state index is -3.77. The number of hydrogen-bond acceptors (Lipinski definition) is 6. The van der Waals surface area contributed by atoms with Crippen molar-refractivity contribution >= 4 is 20.0 Å². The molecular formula is C14H24N2O6S2. The maximum absolute atomic E-state index is 12.2. The van der Waals surface area contributed by atoms with E-state index in [0.29, 0.717) is 26.1 Å². The number of methoxy groups -OCH3 is 2. The highest BCUT2D eigenvalue weighted by Gasteiger charge is 2.19. The summed E-state index contributed by atoms with van der Waals surface area (Å²) in [5.41, 5.74) is 0.